The molecule has 140 valence electrons. The first kappa shape index (κ1) is 18.8. The van der Waals surface area contributed by atoms with E-state index in [0.29, 0.717) is 11.3 Å². The minimum absolute atomic E-state index is 0.183. The number of aryl methyl sites for hydroxylation is 1. The maximum atomic E-state index is 12.2. The van der Waals surface area contributed by atoms with E-state index in [1.165, 1.54) is 4.90 Å². The summed E-state index contributed by atoms with van der Waals surface area (Å²) in [6.07, 6.45) is 2.22. The number of likely N-dealkylation sites (tertiary alicyclic amines) is 1. The Morgan fingerprint density at radius 1 is 1.04 bits per heavy atom. The molecule has 0 saturated carbocycles. The Hall–Kier alpha value is -2.94. The van der Waals surface area contributed by atoms with Gasteiger partial charge in [-0.3, -0.25) is 34.9 Å². The molecule has 1 aromatic carbocycles. The third-order valence-corrected chi connectivity index (χ3v) is 4.64. The van der Waals surface area contributed by atoms with Gasteiger partial charge in [-0.1, -0.05) is 12.1 Å². The fourth-order valence-electron chi connectivity index (χ4n) is 2.74. The van der Waals surface area contributed by atoms with Crippen LogP contribution in [0.1, 0.15) is 39.3 Å². The zero-order valence-corrected chi connectivity index (χ0v) is 16.1. The summed E-state index contributed by atoms with van der Waals surface area (Å²) in [6, 6.07) is 8.12. The molecule has 8 nitrogen and oxygen atoms in total. The highest BCUT2D eigenvalue weighted by Gasteiger charge is 2.28. The molecule has 1 saturated heterocycles. The smallest absolute Gasteiger partial charge is 0.286 e. The summed E-state index contributed by atoms with van der Waals surface area (Å²) in [7, 11) is 1.72. The zero-order chi connectivity index (χ0) is 19.6. The summed E-state index contributed by atoms with van der Waals surface area (Å²) in [5.41, 5.74) is 6.18. The van der Waals surface area contributed by atoms with E-state index < -0.39 is 11.8 Å². The maximum Gasteiger partial charge on any atom is 0.286 e. The van der Waals surface area contributed by atoms with Crippen LogP contribution in [0.2, 0.25) is 0 Å². The van der Waals surface area contributed by atoms with E-state index in [9.17, 15) is 19.2 Å². The lowest BCUT2D eigenvalue weighted by Crippen LogP contribution is -2.42. The van der Waals surface area contributed by atoms with E-state index in [2.05, 4.69) is 26.8 Å². The molecular formula is C18H17BrN4O4. The minimum Gasteiger partial charge on any atom is -0.345 e. The van der Waals surface area contributed by atoms with E-state index in [-0.39, 0.29) is 31.2 Å². The van der Waals surface area contributed by atoms with Gasteiger partial charge in [0.2, 0.25) is 11.8 Å². The van der Waals surface area contributed by atoms with Crippen molar-refractivity contribution in [3.8, 4) is 0 Å². The molecule has 2 aromatic rings. The van der Waals surface area contributed by atoms with Crippen molar-refractivity contribution in [2.24, 2.45) is 7.05 Å². The molecule has 3 rings (SSSR count). The van der Waals surface area contributed by atoms with E-state index in [1.807, 2.05) is 0 Å². The number of rotatable bonds is 4. The van der Waals surface area contributed by atoms with Gasteiger partial charge in [0.1, 0.15) is 5.69 Å². The Labute approximate surface area is 163 Å². The van der Waals surface area contributed by atoms with Gasteiger partial charge in [-0.05, 0) is 39.7 Å². The summed E-state index contributed by atoms with van der Waals surface area (Å²) in [5.74, 6) is -1.29. The zero-order valence-electron chi connectivity index (χ0n) is 14.5. The highest BCUT2D eigenvalue weighted by atomic mass is 79.9. The van der Waals surface area contributed by atoms with Gasteiger partial charge in [-0.25, -0.2) is 0 Å². The number of aromatic nitrogens is 1. The lowest BCUT2D eigenvalue weighted by atomic mass is 10.1. The first-order valence-electron chi connectivity index (χ1n) is 8.20. The van der Waals surface area contributed by atoms with Crippen LogP contribution >= 0.6 is 15.9 Å². The molecule has 2 heterocycles. The summed E-state index contributed by atoms with van der Waals surface area (Å²) < 4.78 is 2.38. The molecule has 1 aliphatic heterocycles. The van der Waals surface area contributed by atoms with Crippen LogP contribution in [0.5, 0.6) is 0 Å². The number of carbonyl (C=O) groups excluding carboxylic acids is 4. The van der Waals surface area contributed by atoms with E-state index in [0.717, 1.165) is 10.0 Å². The summed E-state index contributed by atoms with van der Waals surface area (Å²) >= 11 is 3.28. The number of carbonyl (C=O) groups is 4. The molecule has 1 aromatic heterocycles. The van der Waals surface area contributed by atoms with Crippen molar-refractivity contribution >= 4 is 39.6 Å². The molecule has 0 unspecified atom stereocenters. The Bertz CT molecular complexity index is 904. The van der Waals surface area contributed by atoms with Crippen molar-refractivity contribution in [1.82, 2.24) is 20.3 Å². The molecule has 9 heteroatoms. The van der Waals surface area contributed by atoms with Crippen molar-refractivity contribution < 1.29 is 19.2 Å². The first-order valence-corrected chi connectivity index (χ1v) is 8.99. The Balaban J connectivity index is 1.57. The van der Waals surface area contributed by atoms with Crippen molar-refractivity contribution in [3.05, 3.63) is 57.8 Å². The first-order chi connectivity index (χ1) is 12.8. The number of nitrogens with zero attached hydrogens (tertiary/aromatic N) is 2. The average molecular weight is 433 g/mol. The predicted molar refractivity (Wildman–Crippen MR) is 99.3 cm³/mol. The lowest BCUT2D eigenvalue weighted by molar-refractivity contribution is -0.139. The number of hydrazine groups is 1. The predicted octanol–water partition coefficient (Wildman–Crippen LogP) is 1.51. The third-order valence-electron chi connectivity index (χ3n) is 4.21. The molecular weight excluding hydrogens is 416 g/mol. The number of hydrogen-bond donors (Lipinski definition) is 2. The topological polar surface area (TPSA) is 101 Å². The SMILES string of the molecule is Cn1cc(Br)cc1C(=O)NNC(=O)c1ccc(CN2C(=O)CCC2=O)cc1. The van der Waals surface area contributed by atoms with Crippen LogP contribution in [0, 0.1) is 0 Å². The number of halogens is 1. The molecule has 2 N–H and O–H groups in total. The normalized spacial score (nSPS) is 13.8. The molecule has 1 aliphatic rings. The monoisotopic (exact) mass is 432 g/mol. The van der Waals surface area contributed by atoms with Crippen LogP contribution in [0.15, 0.2) is 41.0 Å². The Morgan fingerprint density at radius 2 is 1.63 bits per heavy atom. The fraction of sp³-hybridized carbons (Fsp3) is 0.222. The van der Waals surface area contributed by atoms with Gasteiger partial charge < -0.3 is 4.57 Å². The molecule has 0 atom stereocenters. The van der Waals surface area contributed by atoms with Gasteiger partial charge in [0.25, 0.3) is 11.8 Å². The Kier molecular flexibility index (Phi) is 5.41. The number of benzene rings is 1. The minimum atomic E-state index is -0.475. The number of nitrogens with one attached hydrogen (secondary N) is 2. The van der Waals surface area contributed by atoms with Gasteiger partial charge in [0.15, 0.2) is 0 Å². The second kappa shape index (κ2) is 7.75. The van der Waals surface area contributed by atoms with E-state index in [1.54, 1.807) is 48.1 Å². The molecule has 0 spiro atoms. The molecule has 4 amide bonds. The third kappa shape index (κ3) is 4.25. The molecule has 0 radical (unpaired) electrons. The van der Waals surface area contributed by atoms with Crippen molar-refractivity contribution in [3.63, 3.8) is 0 Å². The van der Waals surface area contributed by atoms with Crippen molar-refractivity contribution in [1.29, 1.82) is 0 Å². The molecule has 0 aliphatic carbocycles. The van der Waals surface area contributed by atoms with Gasteiger partial charge in [0, 0.05) is 36.1 Å². The highest BCUT2D eigenvalue weighted by molar-refractivity contribution is 9.10. The molecule has 27 heavy (non-hydrogen) atoms. The van der Waals surface area contributed by atoms with Crippen molar-refractivity contribution in [2.45, 2.75) is 19.4 Å². The van der Waals surface area contributed by atoms with E-state index >= 15 is 0 Å². The van der Waals surface area contributed by atoms with Gasteiger partial charge in [-0.15, -0.1) is 0 Å². The average Bonchev–Trinajstić information content (AvgIpc) is 3.15. The Morgan fingerprint density at radius 3 is 2.19 bits per heavy atom. The summed E-state index contributed by atoms with van der Waals surface area (Å²) in [4.78, 5) is 48.8. The van der Waals surface area contributed by atoms with E-state index in [4.69, 9.17) is 0 Å². The highest BCUT2D eigenvalue weighted by Crippen LogP contribution is 2.16. The number of hydrogen-bond acceptors (Lipinski definition) is 4. The molecule has 0 bridgehead atoms. The second-order valence-corrected chi connectivity index (χ2v) is 7.05. The van der Waals surface area contributed by atoms with Crippen LogP contribution < -0.4 is 10.9 Å². The summed E-state index contributed by atoms with van der Waals surface area (Å²) in [6.45, 7) is 0.193. The van der Waals surface area contributed by atoms with Crippen LogP contribution in [0.4, 0.5) is 0 Å². The van der Waals surface area contributed by atoms with Gasteiger partial charge in [0.05, 0.1) is 6.54 Å². The standard InChI is InChI=1S/C18H17BrN4O4/c1-22-10-13(19)8-14(22)18(27)21-20-17(26)12-4-2-11(3-5-12)9-23-15(24)6-7-16(23)25/h2-5,8,10H,6-7,9H2,1H3,(H,20,26)(H,21,27). The summed E-state index contributed by atoms with van der Waals surface area (Å²) in [5, 5.41) is 0. The lowest BCUT2D eigenvalue weighted by Gasteiger charge is -2.14. The molecule has 1 fully saturated rings. The van der Waals surface area contributed by atoms with Crippen LogP contribution in [-0.2, 0) is 23.2 Å². The quantitative estimate of drug-likeness (QED) is 0.564. The largest absolute Gasteiger partial charge is 0.345 e. The van der Waals surface area contributed by atoms with Crippen LogP contribution in [0.3, 0.4) is 0 Å². The van der Waals surface area contributed by atoms with Gasteiger partial charge >= 0.3 is 0 Å². The fourth-order valence-corrected chi connectivity index (χ4v) is 3.27. The van der Waals surface area contributed by atoms with Crippen molar-refractivity contribution in [2.75, 3.05) is 0 Å². The second-order valence-electron chi connectivity index (χ2n) is 6.13. The number of amides is 4. The van der Waals surface area contributed by atoms with Gasteiger partial charge in [-0.2, -0.15) is 0 Å². The van der Waals surface area contributed by atoms with Crippen LogP contribution in [-0.4, -0.2) is 33.1 Å². The van der Waals surface area contributed by atoms with Crippen LogP contribution in [0.25, 0.3) is 0 Å². The maximum absolute atomic E-state index is 12.2. The number of imide groups is 1.